The van der Waals surface area contributed by atoms with E-state index in [1.165, 1.54) is 10.8 Å². The fourth-order valence-electron chi connectivity index (χ4n) is 3.99. The van der Waals surface area contributed by atoms with E-state index in [-0.39, 0.29) is 6.10 Å². The molecule has 0 N–H and O–H groups in total. The third kappa shape index (κ3) is 3.63. The van der Waals surface area contributed by atoms with E-state index in [9.17, 15) is 0 Å². The molecule has 3 aromatic carbocycles. The van der Waals surface area contributed by atoms with Crippen molar-refractivity contribution in [3.8, 4) is 5.75 Å². The smallest absolute Gasteiger partial charge is 0.123 e. The molecule has 1 aliphatic rings. The number of rotatable bonds is 6. The summed E-state index contributed by atoms with van der Waals surface area (Å²) in [7, 11) is 3.44. The summed E-state index contributed by atoms with van der Waals surface area (Å²) < 4.78 is 23.3. The second-order valence-corrected chi connectivity index (χ2v) is 7.14. The van der Waals surface area contributed by atoms with Crippen molar-refractivity contribution in [1.82, 2.24) is 0 Å². The molecule has 0 radical (unpaired) electrons. The predicted octanol–water partition coefficient (Wildman–Crippen LogP) is 4.70. The SMILES string of the molecule is COC1COCCC1(OC)c1cccc(OCc2ccc3ccccc3c2)c1. The Kier molecular flexibility index (Phi) is 5.62. The minimum Gasteiger partial charge on any atom is -0.489 e. The van der Waals surface area contributed by atoms with Gasteiger partial charge in [0.1, 0.15) is 24.1 Å². The minimum atomic E-state index is -0.519. The van der Waals surface area contributed by atoms with Gasteiger partial charge in [-0.25, -0.2) is 0 Å². The van der Waals surface area contributed by atoms with Crippen LogP contribution in [0.2, 0.25) is 0 Å². The van der Waals surface area contributed by atoms with Crippen molar-refractivity contribution >= 4 is 10.8 Å². The number of benzene rings is 3. The minimum absolute atomic E-state index is 0.151. The van der Waals surface area contributed by atoms with Gasteiger partial charge in [-0.05, 0) is 40.1 Å². The molecule has 4 heteroatoms. The van der Waals surface area contributed by atoms with Gasteiger partial charge in [-0.2, -0.15) is 0 Å². The first-order valence-corrected chi connectivity index (χ1v) is 9.62. The van der Waals surface area contributed by atoms with Crippen molar-refractivity contribution in [3.63, 3.8) is 0 Å². The Bertz CT molecular complexity index is 939. The largest absolute Gasteiger partial charge is 0.489 e. The Morgan fingerprint density at radius 1 is 0.964 bits per heavy atom. The van der Waals surface area contributed by atoms with Gasteiger partial charge in [0.15, 0.2) is 0 Å². The summed E-state index contributed by atoms with van der Waals surface area (Å²) in [5.41, 5.74) is 1.68. The number of methoxy groups -OCH3 is 2. The van der Waals surface area contributed by atoms with Crippen LogP contribution < -0.4 is 4.74 Å². The highest BCUT2D eigenvalue weighted by atomic mass is 16.6. The van der Waals surface area contributed by atoms with Crippen molar-refractivity contribution < 1.29 is 18.9 Å². The average Bonchev–Trinajstić information content (AvgIpc) is 2.77. The number of hydrogen-bond donors (Lipinski definition) is 0. The summed E-state index contributed by atoms with van der Waals surface area (Å²) in [6.07, 6.45) is 0.595. The molecule has 1 heterocycles. The van der Waals surface area contributed by atoms with Gasteiger partial charge in [-0.1, -0.05) is 48.5 Å². The van der Waals surface area contributed by atoms with E-state index in [0.717, 1.165) is 23.3 Å². The molecule has 2 unspecified atom stereocenters. The molecule has 146 valence electrons. The van der Waals surface area contributed by atoms with Gasteiger partial charge < -0.3 is 18.9 Å². The lowest BCUT2D eigenvalue weighted by Gasteiger charge is -2.42. The van der Waals surface area contributed by atoms with Gasteiger partial charge in [-0.15, -0.1) is 0 Å². The van der Waals surface area contributed by atoms with Crippen molar-refractivity contribution in [2.75, 3.05) is 27.4 Å². The fraction of sp³-hybridized carbons (Fsp3) is 0.333. The molecular weight excluding hydrogens is 352 g/mol. The van der Waals surface area contributed by atoms with E-state index >= 15 is 0 Å². The standard InChI is InChI=1S/C24H26O4/c1-25-23-17-27-13-12-24(23,26-2)21-8-5-9-22(15-21)28-16-18-10-11-19-6-3-4-7-20(19)14-18/h3-11,14-15,23H,12-13,16-17H2,1-2H3. The van der Waals surface area contributed by atoms with Crippen molar-refractivity contribution in [3.05, 3.63) is 77.9 Å². The molecule has 4 nitrogen and oxygen atoms in total. The third-order valence-corrected chi connectivity index (χ3v) is 5.60. The maximum absolute atomic E-state index is 6.10. The molecule has 0 aromatic heterocycles. The first kappa shape index (κ1) is 18.9. The van der Waals surface area contributed by atoms with Gasteiger partial charge in [0.2, 0.25) is 0 Å². The molecule has 28 heavy (non-hydrogen) atoms. The highest BCUT2D eigenvalue weighted by molar-refractivity contribution is 5.82. The summed E-state index contributed by atoms with van der Waals surface area (Å²) in [6.45, 7) is 1.69. The second kappa shape index (κ2) is 8.31. The van der Waals surface area contributed by atoms with Gasteiger partial charge in [-0.3, -0.25) is 0 Å². The van der Waals surface area contributed by atoms with E-state index in [0.29, 0.717) is 19.8 Å². The van der Waals surface area contributed by atoms with Gasteiger partial charge in [0.25, 0.3) is 0 Å². The second-order valence-electron chi connectivity index (χ2n) is 7.14. The predicted molar refractivity (Wildman–Crippen MR) is 110 cm³/mol. The molecule has 0 bridgehead atoms. The van der Waals surface area contributed by atoms with Gasteiger partial charge >= 0.3 is 0 Å². The van der Waals surface area contributed by atoms with Gasteiger partial charge in [0.05, 0.1) is 6.61 Å². The Morgan fingerprint density at radius 3 is 2.64 bits per heavy atom. The summed E-state index contributed by atoms with van der Waals surface area (Å²) >= 11 is 0. The molecule has 0 aliphatic carbocycles. The summed E-state index contributed by atoms with van der Waals surface area (Å²) in [6, 6.07) is 22.9. The highest BCUT2D eigenvalue weighted by Gasteiger charge is 2.44. The summed E-state index contributed by atoms with van der Waals surface area (Å²) in [5.74, 6) is 0.823. The lowest BCUT2D eigenvalue weighted by atomic mass is 9.83. The van der Waals surface area contributed by atoms with E-state index in [4.69, 9.17) is 18.9 Å². The van der Waals surface area contributed by atoms with Crippen LogP contribution in [0.25, 0.3) is 10.8 Å². The first-order chi connectivity index (χ1) is 13.7. The third-order valence-electron chi connectivity index (χ3n) is 5.60. The average molecular weight is 378 g/mol. The zero-order chi connectivity index (χ0) is 19.4. The normalized spacial score (nSPS) is 22.3. The Labute approximate surface area is 166 Å². The molecule has 0 saturated carbocycles. The molecule has 3 aromatic rings. The van der Waals surface area contributed by atoms with Crippen LogP contribution in [0, 0.1) is 0 Å². The van der Waals surface area contributed by atoms with Crippen LogP contribution in [0.5, 0.6) is 5.75 Å². The molecule has 1 saturated heterocycles. The van der Waals surface area contributed by atoms with Crippen LogP contribution in [0.1, 0.15) is 17.5 Å². The zero-order valence-electron chi connectivity index (χ0n) is 16.4. The van der Waals surface area contributed by atoms with Crippen LogP contribution in [0.4, 0.5) is 0 Å². The Hall–Kier alpha value is -2.40. The topological polar surface area (TPSA) is 36.9 Å². The maximum atomic E-state index is 6.10. The molecule has 4 rings (SSSR count). The Balaban J connectivity index is 1.54. The molecule has 0 amide bonds. The maximum Gasteiger partial charge on any atom is 0.123 e. The number of hydrogen-bond acceptors (Lipinski definition) is 4. The molecule has 1 aliphatic heterocycles. The van der Waals surface area contributed by atoms with Crippen molar-refractivity contribution in [1.29, 1.82) is 0 Å². The highest BCUT2D eigenvalue weighted by Crippen LogP contribution is 2.38. The quantitative estimate of drug-likeness (QED) is 0.623. The van der Waals surface area contributed by atoms with Gasteiger partial charge in [0, 0.05) is 27.2 Å². The van der Waals surface area contributed by atoms with Crippen molar-refractivity contribution in [2.24, 2.45) is 0 Å². The van der Waals surface area contributed by atoms with E-state index in [1.54, 1.807) is 14.2 Å². The van der Waals surface area contributed by atoms with Crippen LogP contribution in [-0.2, 0) is 26.4 Å². The van der Waals surface area contributed by atoms with E-state index in [1.807, 2.05) is 12.1 Å². The fourth-order valence-corrected chi connectivity index (χ4v) is 3.99. The number of fused-ring (bicyclic) bond motifs is 1. The summed E-state index contributed by atoms with van der Waals surface area (Å²) in [4.78, 5) is 0. The number of ether oxygens (including phenoxy) is 4. The lowest BCUT2D eigenvalue weighted by molar-refractivity contribution is -0.186. The van der Waals surface area contributed by atoms with E-state index < -0.39 is 5.60 Å². The first-order valence-electron chi connectivity index (χ1n) is 9.62. The van der Waals surface area contributed by atoms with Crippen LogP contribution in [0.3, 0.4) is 0 Å². The van der Waals surface area contributed by atoms with E-state index in [2.05, 4.69) is 54.6 Å². The van der Waals surface area contributed by atoms with Crippen LogP contribution in [-0.4, -0.2) is 33.5 Å². The van der Waals surface area contributed by atoms with Crippen LogP contribution >= 0.6 is 0 Å². The molecule has 1 fully saturated rings. The van der Waals surface area contributed by atoms with Crippen LogP contribution in [0.15, 0.2) is 66.7 Å². The van der Waals surface area contributed by atoms with Crippen molar-refractivity contribution in [2.45, 2.75) is 24.7 Å². The Morgan fingerprint density at radius 2 is 1.82 bits per heavy atom. The summed E-state index contributed by atoms with van der Waals surface area (Å²) in [5, 5.41) is 2.46. The monoisotopic (exact) mass is 378 g/mol. The lowest BCUT2D eigenvalue weighted by Crippen LogP contribution is -2.49. The molecule has 2 atom stereocenters. The molecular formula is C24H26O4. The molecule has 0 spiro atoms. The zero-order valence-corrected chi connectivity index (χ0v) is 16.4.